The number of nitrogens with one attached hydrogen (secondary N) is 1. The van der Waals surface area contributed by atoms with E-state index in [9.17, 15) is 9.90 Å². The minimum atomic E-state index is -0.184. The van der Waals surface area contributed by atoms with Crippen molar-refractivity contribution in [1.82, 2.24) is 4.90 Å². The Morgan fingerprint density at radius 1 is 1.56 bits per heavy atom. The molecular formula is C13H18N2O3. The lowest BCUT2D eigenvalue weighted by Gasteiger charge is -2.23. The van der Waals surface area contributed by atoms with Crippen molar-refractivity contribution in [2.24, 2.45) is 0 Å². The number of hydrogen-bond donors (Lipinski definition) is 2. The molecule has 2 rings (SSSR count). The van der Waals surface area contributed by atoms with Gasteiger partial charge >= 0.3 is 6.03 Å². The summed E-state index contributed by atoms with van der Waals surface area (Å²) in [6, 6.07) is 7.02. The van der Waals surface area contributed by atoms with Gasteiger partial charge in [0.1, 0.15) is 5.75 Å². The van der Waals surface area contributed by atoms with E-state index in [4.69, 9.17) is 4.74 Å². The Kier molecular flexibility index (Phi) is 4.04. The van der Waals surface area contributed by atoms with Crippen LogP contribution in [0.3, 0.4) is 0 Å². The second-order valence-corrected chi connectivity index (χ2v) is 4.30. The zero-order valence-electron chi connectivity index (χ0n) is 10.4. The molecule has 1 heterocycles. The molecule has 2 N–H and O–H groups in total. The number of anilines is 1. The molecule has 5 nitrogen and oxygen atoms in total. The monoisotopic (exact) mass is 250 g/mol. The highest BCUT2D eigenvalue weighted by atomic mass is 16.5. The van der Waals surface area contributed by atoms with Crippen LogP contribution in [0.5, 0.6) is 5.75 Å². The summed E-state index contributed by atoms with van der Waals surface area (Å²) in [7, 11) is 1.57. The van der Waals surface area contributed by atoms with Crippen molar-refractivity contribution in [3.05, 3.63) is 24.3 Å². The number of nitrogens with zero attached hydrogens (tertiary/aromatic N) is 1. The molecule has 0 aromatic heterocycles. The van der Waals surface area contributed by atoms with Crippen LogP contribution < -0.4 is 10.1 Å². The van der Waals surface area contributed by atoms with Crippen molar-refractivity contribution in [2.75, 3.05) is 25.6 Å². The average Bonchev–Trinajstić information content (AvgIpc) is 2.87. The lowest BCUT2D eigenvalue weighted by atomic mass is 10.2. The lowest BCUT2D eigenvalue weighted by Crippen LogP contribution is -2.40. The van der Waals surface area contributed by atoms with Gasteiger partial charge in [0, 0.05) is 6.54 Å². The van der Waals surface area contributed by atoms with Crippen LogP contribution in [0.15, 0.2) is 24.3 Å². The Morgan fingerprint density at radius 2 is 2.33 bits per heavy atom. The smallest absolute Gasteiger partial charge is 0.322 e. The van der Waals surface area contributed by atoms with Gasteiger partial charge in [-0.1, -0.05) is 12.1 Å². The van der Waals surface area contributed by atoms with Crippen LogP contribution in [-0.4, -0.2) is 42.3 Å². The van der Waals surface area contributed by atoms with E-state index in [1.165, 1.54) is 0 Å². The summed E-state index contributed by atoms with van der Waals surface area (Å²) in [4.78, 5) is 13.8. The molecule has 0 radical (unpaired) electrons. The molecule has 1 aliphatic heterocycles. The Labute approximate surface area is 106 Å². The van der Waals surface area contributed by atoms with E-state index in [1.54, 1.807) is 24.1 Å². The van der Waals surface area contributed by atoms with Crippen LogP contribution in [0.1, 0.15) is 12.8 Å². The molecule has 0 unspecified atom stereocenters. The number of para-hydroxylation sites is 2. The van der Waals surface area contributed by atoms with Gasteiger partial charge in [-0.05, 0) is 25.0 Å². The minimum absolute atomic E-state index is 0.0132. The van der Waals surface area contributed by atoms with Gasteiger partial charge in [0.2, 0.25) is 0 Å². The molecule has 0 saturated carbocycles. The summed E-state index contributed by atoms with van der Waals surface area (Å²) in [5.41, 5.74) is 0.647. The number of rotatable bonds is 3. The van der Waals surface area contributed by atoms with Crippen LogP contribution in [0.4, 0.5) is 10.5 Å². The van der Waals surface area contributed by atoms with Crippen LogP contribution in [-0.2, 0) is 0 Å². The van der Waals surface area contributed by atoms with Gasteiger partial charge in [-0.3, -0.25) is 0 Å². The first-order valence-electron chi connectivity index (χ1n) is 6.07. The molecule has 1 fully saturated rings. The fraction of sp³-hybridized carbons (Fsp3) is 0.462. The first-order valence-corrected chi connectivity index (χ1v) is 6.07. The highest BCUT2D eigenvalue weighted by Crippen LogP contribution is 2.25. The predicted molar refractivity (Wildman–Crippen MR) is 68.8 cm³/mol. The largest absolute Gasteiger partial charge is 0.495 e. The number of ether oxygens (including phenoxy) is 1. The average molecular weight is 250 g/mol. The SMILES string of the molecule is COc1ccccc1NC(=O)N1CCC[C@@H]1CO. The fourth-order valence-corrected chi connectivity index (χ4v) is 2.23. The third-order valence-electron chi connectivity index (χ3n) is 3.20. The van der Waals surface area contributed by atoms with E-state index in [0.717, 1.165) is 12.8 Å². The van der Waals surface area contributed by atoms with E-state index in [1.807, 2.05) is 12.1 Å². The van der Waals surface area contributed by atoms with Gasteiger partial charge in [-0.15, -0.1) is 0 Å². The highest BCUT2D eigenvalue weighted by Gasteiger charge is 2.28. The normalized spacial score (nSPS) is 18.8. The minimum Gasteiger partial charge on any atom is -0.495 e. The zero-order valence-corrected chi connectivity index (χ0v) is 10.4. The van der Waals surface area contributed by atoms with Crippen molar-refractivity contribution < 1.29 is 14.6 Å². The first kappa shape index (κ1) is 12.7. The van der Waals surface area contributed by atoms with Crippen molar-refractivity contribution in [3.8, 4) is 5.75 Å². The summed E-state index contributed by atoms with van der Waals surface area (Å²) in [5, 5.41) is 12.0. The molecule has 0 spiro atoms. The summed E-state index contributed by atoms with van der Waals surface area (Å²) in [6.45, 7) is 0.700. The number of carbonyl (C=O) groups is 1. The number of carbonyl (C=O) groups excluding carboxylic acids is 1. The molecule has 18 heavy (non-hydrogen) atoms. The second-order valence-electron chi connectivity index (χ2n) is 4.30. The number of methoxy groups -OCH3 is 1. The second kappa shape index (κ2) is 5.73. The Balaban J connectivity index is 2.07. The van der Waals surface area contributed by atoms with Gasteiger partial charge in [0.25, 0.3) is 0 Å². The molecular weight excluding hydrogens is 232 g/mol. The summed E-state index contributed by atoms with van der Waals surface area (Å²) < 4.78 is 5.18. The highest BCUT2D eigenvalue weighted by molar-refractivity contribution is 5.91. The summed E-state index contributed by atoms with van der Waals surface area (Å²) in [6.07, 6.45) is 1.79. The first-order chi connectivity index (χ1) is 8.76. The number of hydrogen-bond acceptors (Lipinski definition) is 3. The van der Waals surface area contributed by atoms with Crippen LogP contribution in [0.25, 0.3) is 0 Å². The van der Waals surface area contributed by atoms with Gasteiger partial charge in [0.15, 0.2) is 0 Å². The molecule has 1 aromatic rings. The van der Waals surface area contributed by atoms with Gasteiger partial charge < -0.3 is 20.1 Å². The van der Waals surface area contributed by atoms with Crippen LogP contribution in [0, 0.1) is 0 Å². The van der Waals surface area contributed by atoms with Crippen molar-refractivity contribution >= 4 is 11.7 Å². The van der Waals surface area contributed by atoms with E-state index in [2.05, 4.69) is 5.32 Å². The van der Waals surface area contributed by atoms with Gasteiger partial charge in [-0.2, -0.15) is 0 Å². The standard InChI is InChI=1S/C13H18N2O3/c1-18-12-7-3-2-6-11(12)14-13(17)15-8-4-5-10(15)9-16/h2-3,6-7,10,16H,4-5,8-9H2,1H3,(H,14,17)/t10-/m1/s1. The van der Waals surface area contributed by atoms with Gasteiger partial charge in [0.05, 0.1) is 25.4 Å². The number of urea groups is 1. The number of aliphatic hydroxyl groups excluding tert-OH is 1. The van der Waals surface area contributed by atoms with Crippen molar-refractivity contribution in [2.45, 2.75) is 18.9 Å². The van der Waals surface area contributed by atoms with Crippen LogP contribution in [0.2, 0.25) is 0 Å². The van der Waals surface area contributed by atoms with Gasteiger partial charge in [-0.25, -0.2) is 4.79 Å². The molecule has 98 valence electrons. The quantitative estimate of drug-likeness (QED) is 0.858. The molecule has 1 aliphatic rings. The molecule has 2 amide bonds. The van der Waals surface area contributed by atoms with E-state index in [0.29, 0.717) is 18.0 Å². The number of benzene rings is 1. The topological polar surface area (TPSA) is 61.8 Å². The lowest BCUT2D eigenvalue weighted by molar-refractivity contribution is 0.166. The third-order valence-corrected chi connectivity index (χ3v) is 3.20. The Morgan fingerprint density at radius 3 is 3.06 bits per heavy atom. The maximum atomic E-state index is 12.1. The Hall–Kier alpha value is -1.75. The van der Waals surface area contributed by atoms with E-state index < -0.39 is 0 Å². The Bertz CT molecular complexity index is 422. The van der Waals surface area contributed by atoms with Crippen molar-refractivity contribution in [1.29, 1.82) is 0 Å². The molecule has 0 bridgehead atoms. The number of aliphatic hydroxyl groups is 1. The summed E-state index contributed by atoms with van der Waals surface area (Å²) in [5.74, 6) is 0.630. The maximum absolute atomic E-state index is 12.1. The fourth-order valence-electron chi connectivity index (χ4n) is 2.23. The number of amides is 2. The van der Waals surface area contributed by atoms with E-state index in [-0.39, 0.29) is 18.7 Å². The molecule has 1 atom stereocenters. The predicted octanol–water partition coefficient (Wildman–Crippen LogP) is 1.68. The number of likely N-dealkylation sites (tertiary alicyclic amines) is 1. The third kappa shape index (κ3) is 2.56. The van der Waals surface area contributed by atoms with E-state index >= 15 is 0 Å². The van der Waals surface area contributed by atoms with Crippen LogP contribution >= 0.6 is 0 Å². The maximum Gasteiger partial charge on any atom is 0.322 e. The summed E-state index contributed by atoms with van der Waals surface area (Å²) >= 11 is 0. The molecule has 1 aromatic carbocycles. The zero-order chi connectivity index (χ0) is 13.0. The molecule has 0 aliphatic carbocycles. The van der Waals surface area contributed by atoms with Crippen molar-refractivity contribution in [3.63, 3.8) is 0 Å². The molecule has 5 heteroatoms. The molecule has 1 saturated heterocycles.